The molecular weight excluding hydrogens is 188 g/mol. The number of hydrogen-bond donors (Lipinski definition) is 0. The first-order chi connectivity index (χ1) is 7.04. The van der Waals surface area contributed by atoms with Crippen molar-refractivity contribution in [2.45, 2.75) is 26.3 Å². The maximum absolute atomic E-state index is 11.8. The van der Waals surface area contributed by atoms with Crippen LogP contribution in [0.25, 0.3) is 0 Å². The van der Waals surface area contributed by atoms with Gasteiger partial charge in [-0.25, -0.2) is 0 Å². The van der Waals surface area contributed by atoms with Crippen LogP contribution in [0.2, 0.25) is 0 Å². The van der Waals surface area contributed by atoms with Crippen molar-refractivity contribution < 1.29 is 4.79 Å². The number of carbonyl (C=O) groups excluding carboxylic acids is 1. The number of Topliss-reactive ketones (excluding diaryl/α,β-unsaturated/α-hetero) is 1. The number of aryl methyl sites for hydroxylation is 1. The zero-order valence-electron chi connectivity index (χ0n) is 10.0. The number of rotatable bonds is 5. The maximum Gasteiger partial charge on any atom is 0.178 e. The molecule has 0 saturated carbocycles. The average molecular weight is 208 g/mol. The SMILES string of the molecule is CCC(C)N(C)CC(=O)c1ccn(C)c1. The molecule has 0 spiro atoms. The highest BCUT2D eigenvalue weighted by molar-refractivity contribution is 5.97. The molecular formula is C12H20N2O. The van der Waals surface area contributed by atoms with Gasteiger partial charge in [-0.3, -0.25) is 9.69 Å². The molecule has 0 saturated heterocycles. The zero-order valence-corrected chi connectivity index (χ0v) is 10.0. The Bertz CT molecular complexity index is 330. The fourth-order valence-electron chi connectivity index (χ4n) is 1.45. The standard InChI is InChI=1S/C12H20N2O/c1-5-10(2)14(4)9-12(15)11-6-7-13(3)8-11/h6-8,10H,5,9H2,1-4H3. The van der Waals surface area contributed by atoms with Gasteiger partial charge >= 0.3 is 0 Å². The smallest absolute Gasteiger partial charge is 0.178 e. The molecule has 1 aromatic rings. The van der Waals surface area contributed by atoms with Crippen molar-refractivity contribution >= 4 is 5.78 Å². The van der Waals surface area contributed by atoms with E-state index in [0.717, 1.165) is 12.0 Å². The molecule has 1 heterocycles. The van der Waals surface area contributed by atoms with Crippen LogP contribution in [-0.4, -0.2) is 34.9 Å². The molecule has 0 radical (unpaired) electrons. The minimum absolute atomic E-state index is 0.193. The minimum atomic E-state index is 0.193. The second-order valence-electron chi connectivity index (χ2n) is 4.16. The number of nitrogens with zero attached hydrogens (tertiary/aromatic N) is 2. The Hall–Kier alpha value is -1.09. The van der Waals surface area contributed by atoms with Gasteiger partial charge in [-0.1, -0.05) is 6.92 Å². The van der Waals surface area contributed by atoms with Gasteiger partial charge in [-0.2, -0.15) is 0 Å². The van der Waals surface area contributed by atoms with Gasteiger partial charge in [0.2, 0.25) is 0 Å². The Morgan fingerprint density at radius 3 is 2.73 bits per heavy atom. The summed E-state index contributed by atoms with van der Waals surface area (Å²) in [5.41, 5.74) is 0.799. The molecule has 0 aromatic carbocycles. The maximum atomic E-state index is 11.8. The summed E-state index contributed by atoms with van der Waals surface area (Å²) in [6.07, 6.45) is 4.84. The predicted molar refractivity (Wildman–Crippen MR) is 62.1 cm³/mol. The normalized spacial score (nSPS) is 13.1. The number of likely N-dealkylation sites (N-methyl/N-ethyl adjacent to an activating group) is 1. The van der Waals surface area contributed by atoms with Crippen LogP contribution in [0.5, 0.6) is 0 Å². The first-order valence-corrected chi connectivity index (χ1v) is 5.40. The van der Waals surface area contributed by atoms with E-state index in [2.05, 4.69) is 18.7 Å². The summed E-state index contributed by atoms with van der Waals surface area (Å²) in [6.45, 7) is 4.77. The van der Waals surface area contributed by atoms with Crippen molar-refractivity contribution in [2.24, 2.45) is 7.05 Å². The van der Waals surface area contributed by atoms with Gasteiger partial charge in [0.1, 0.15) is 0 Å². The highest BCUT2D eigenvalue weighted by atomic mass is 16.1. The Morgan fingerprint density at radius 1 is 1.60 bits per heavy atom. The third-order valence-electron chi connectivity index (χ3n) is 2.89. The summed E-state index contributed by atoms with van der Waals surface area (Å²) in [6, 6.07) is 2.32. The molecule has 3 nitrogen and oxygen atoms in total. The van der Waals surface area contributed by atoms with Crippen LogP contribution < -0.4 is 0 Å². The second-order valence-corrected chi connectivity index (χ2v) is 4.16. The van der Waals surface area contributed by atoms with Crippen LogP contribution in [0.3, 0.4) is 0 Å². The molecule has 0 aliphatic carbocycles. The summed E-state index contributed by atoms with van der Waals surface area (Å²) in [5, 5.41) is 0. The highest BCUT2D eigenvalue weighted by Gasteiger charge is 2.13. The lowest BCUT2D eigenvalue weighted by atomic mass is 10.2. The van der Waals surface area contributed by atoms with Crippen LogP contribution in [0, 0.1) is 0 Å². The average Bonchev–Trinajstić information content (AvgIpc) is 2.63. The molecule has 15 heavy (non-hydrogen) atoms. The van der Waals surface area contributed by atoms with E-state index in [-0.39, 0.29) is 5.78 Å². The summed E-state index contributed by atoms with van der Waals surface area (Å²) in [5.74, 6) is 0.193. The Morgan fingerprint density at radius 2 is 2.27 bits per heavy atom. The fraction of sp³-hybridized carbons (Fsp3) is 0.583. The van der Waals surface area contributed by atoms with Gasteiger partial charge in [0.25, 0.3) is 0 Å². The van der Waals surface area contributed by atoms with Crippen LogP contribution in [-0.2, 0) is 7.05 Å². The third kappa shape index (κ3) is 3.20. The van der Waals surface area contributed by atoms with E-state index < -0.39 is 0 Å². The molecule has 84 valence electrons. The topological polar surface area (TPSA) is 25.2 Å². The Labute approximate surface area is 91.7 Å². The van der Waals surface area contributed by atoms with E-state index in [0.29, 0.717) is 12.6 Å². The number of ketones is 1. The van der Waals surface area contributed by atoms with E-state index in [1.807, 2.05) is 37.1 Å². The summed E-state index contributed by atoms with van der Waals surface area (Å²) >= 11 is 0. The third-order valence-corrected chi connectivity index (χ3v) is 2.89. The quantitative estimate of drug-likeness (QED) is 0.691. The molecule has 0 aliphatic heterocycles. The van der Waals surface area contributed by atoms with E-state index in [1.54, 1.807) is 0 Å². The van der Waals surface area contributed by atoms with Crippen LogP contribution in [0.15, 0.2) is 18.5 Å². The number of carbonyl (C=O) groups is 1. The molecule has 0 aliphatic rings. The minimum Gasteiger partial charge on any atom is -0.357 e. The molecule has 0 fully saturated rings. The van der Waals surface area contributed by atoms with E-state index in [9.17, 15) is 4.79 Å². The first-order valence-electron chi connectivity index (χ1n) is 5.40. The lowest BCUT2D eigenvalue weighted by Gasteiger charge is -2.22. The molecule has 3 heteroatoms. The fourth-order valence-corrected chi connectivity index (χ4v) is 1.45. The van der Waals surface area contributed by atoms with E-state index >= 15 is 0 Å². The molecule has 1 rings (SSSR count). The molecule has 1 atom stereocenters. The van der Waals surface area contributed by atoms with Crippen LogP contribution in [0.4, 0.5) is 0 Å². The molecule has 0 N–H and O–H groups in total. The van der Waals surface area contributed by atoms with E-state index in [1.165, 1.54) is 0 Å². The van der Waals surface area contributed by atoms with Crippen LogP contribution in [0.1, 0.15) is 30.6 Å². The van der Waals surface area contributed by atoms with Crippen molar-refractivity contribution in [3.63, 3.8) is 0 Å². The largest absolute Gasteiger partial charge is 0.357 e. The van der Waals surface area contributed by atoms with Crippen molar-refractivity contribution in [1.29, 1.82) is 0 Å². The number of hydrogen-bond acceptors (Lipinski definition) is 2. The van der Waals surface area contributed by atoms with Crippen LogP contribution >= 0.6 is 0 Å². The van der Waals surface area contributed by atoms with Crippen molar-refractivity contribution in [2.75, 3.05) is 13.6 Å². The molecule has 1 aromatic heterocycles. The molecule has 0 amide bonds. The van der Waals surface area contributed by atoms with Gasteiger partial charge in [-0.15, -0.1) is 0 Å². The summed E-state index contributed by atoms with van der Waals surface area (Å²) in [4.78, 5) is 13.9. The lowest BCUT2D eigenvalue weighted by molar-refractivity contribution is 0.0923. The summed E-state index contributed by atoms with van der Waals surface area (Å²) < 4.78 is 1.90. The van der Waals surface area contributed by atoms with Gasteiger partial charge in [0, 0.05) is 31.0 Å². The molecule has 0 bridgehead atoms. The zero-order chi connectivity index (χ0) is 11.4. The Kier molecular flexibility index (Phi) is 4.09. The monoisotopic (exact) mass is 208 g/mol. The van der Waals surface area contributed by atoms with E-state index in [4.69, 9.17) is 0 Å². The van der Waals surface area contributed by atoms with Gasteiger partial charge in [-0.05, 0) is 26.5 Å². The van der Waals surface area contributed by atoms with Crippen molar-refractivity contribution in [3.8, 4) is 0 Å². The van der Waals surface area contributed by atoms with Gasteiger partial charge < -0.3 is 4.57 Å². The predicted octanol–water partition coefficient (Wildman–Crippen LogP) is 1.94. The van der Waals surface area contributed by atoms with Crippen molar-refractivity contribution in [3.05, 3.63) is 24.0 Å². The van der Waals surface area contributed by atoms with Crippen molar-refractivity contribution in [1.82, 2.24) is 9.47 Å². The second kappa shape index (κ2) is 5.12. The Balaban J connectivity index is 2.56. The lowest BCUT2D eigenvalue weighted by Crippen LogP contribution is -2.33. The first kappa shape index (κ1) is 12.0. The molecule has 1 unspecified atom stereocenters. The number of aromatic nitrogens is 1. The van der Waals surface area contributed by atoms with Gasteiger partial charge in [0.15, 0.2) is 5.78 Å². The van der Waals surface area contributed by atoms with Gasteiger partial charge in [0.05, 0.1) is 6.54 Å². The highest BCUT2D eigenvalue weighted by Crippen LogP contribution is 2.05. The summed E-state index contributed by atoms with van der Waals surface area (Å²) in [7, 11) is 3.92.